The van der Waals surface area contributed by atoms with Gasteiger partial charge in [0.25, 0.3) is 0 Å². The monoisotopic (exact) mass is 268 g/mol. The van der Waals surface area contributed by atoms with E-state index in [1.54, 1.807) is 0 Å². The van der Waals surface area contributed by atoms with Crippen molar-refractivity contribution in [2.75, 3.05) is 0 Å². The largest absolute Gasteiger partial charge is 0.295 e. The van der Waals surface area contributed by atoms with E-state index in [1.807, 2.05) is 0 Å². The lowest BCUT2D eigenvalue weighted by Gasteiger charge is -2.38. The Morgan fingerprint density at radius 2 is 1.71 bits per heavy atom. The van der Waals surface area contributed by atoms with Gasteiger partial charge in [-0.15, -0.1) is 0 Å². The molecule has 1 nitrogen and oxygen atoms in total. The van der Waals surface area contributed by atoms with Crippen LogP contribution in [0.5, 0.6) is 0 Å². The molecule has 96 valence electrons. The summed E-state index contributed by atoms with van der Waals surface area (Å²) in [6.45, 7) is 10.8. The molecule has 3 heteroatoms. The smallest absolute Gasteiger partial charge is 0.157 e. The fourth-order valence-electron chi connectivity index (χ4n) is 2.89. The highest BCUT2D eigenvalue weighted by molar-refractivity contribution is 8.00. The second-order valence-corrected chi connectivity index (χ2v) is 13.3. The number of carbonyl (C=O) groups excluding carboxylic acids is 1. The van der Waals surface area contributed by atoms with E-state index in [4.69, 9.17) is 0 Å². The van der Waals surface area contributed by atoms with Crippen molar-refractivity contribution in [3.8, 4) is 0 Å². The van der Waals surface area contributed by atoms with E-state index in [1.165, 1.54) is 19.3 Å². The third kappa shape index (κ3) is 3.05. The van der Waals surface area contributed by atoms with E-state index in [-0.39, 0.29) is 0 Å². The van der Waals surface area contributed by atoms with Crippen molar-refractivity contribution in [3.63, 3.8) is 0 Å². The minimum atomic E-state index is -1.49. The molecule has 17 heavy (non-hydrogen) atoms. The molecule has 2 saturated heterocycles. The van der Waals surface area contributed by atoms with E-state index in [9.17, 15) is 4.79 Å². The average molecular weight is 268 g/mol. The first-order valence-corrected chi connectivity index (χ1v) is 11.2. The van der Waals surface area contributed by atoms with Gasteiger partial charge < -0.3 is 0 Å². The zero-order valence-corrected chi connectivity index (χ0v) is 13.1. The lowest BCUT2D eigenvalue weighted by molar-refractivity contribution is -0.119. The molecule has 0 aromatic heterocycles. The van der Waals surface area contributed by atoms with Crippen molar-refractivity contribution in [2.45, 2.75) is 62.2 Å². The highest BCUT2D eigenvalue weighted by atomic mass is 32.2. The maximum absolute atomic E-state index is 12.5. The molecule has 2 bridgehead atoms. The Balaban J connectivity index is 2.03. The zero-order chi connectivity index (χ0) is 12.6. The number of carbonyl (C=O) groups is 1. The van der Waals surface area contributed by atoms with Gasteiger partial charge in [-0.25, -0.2) is 0 Å². The molecule has 2 aliphatic heterocycles. The molecule has 2 heterocycles. The molecule has 0 N–H and O–H groups in total. The summed E-state index contributed by atoms with van der Waals surface area (Å²) in [5.41, 5.74) is 0. The number of hydrogen-bond donors (Lipinski definition) is 0. The molecule has 2 fully saturated rings. The molecule has 0 aromatic rings. The van der Waals surface area contributed by atoms with Crippen LogP contribution in [0.15, 0.2) is 11.8 Å². The van der Waals surface area contributed by atoms with E-state index in [0.29, 0.717) is 11.7 Å². The highest BCUT2D eigenvalue weighted by Gasteiger charge is 2.38. The van der Waals surface area contributed by atoms with Crippen LogP contribution >= 0.6 is 11.8 Å². The fraction of sp³-hybridized carbons (Fsp3) is 0.786. The second-order valence-electron chi connectivity index (χ2n) is 6.57. The average Bonchev–Trinajstić information content (AvgIpc) is 2.25. The molecule has 0 aromatic carbocycles. The van der Waals surface area contributed by atoms with Gasteiger partial charge in [0.15, 0.2) is 5.78 Å². The number of ketones is 1. The molecular weight excluding hydrogens is 244 g/mol. The summed E-state index contributed by atoms with van der Waals surface area (Å²) in [5.74, 6) is 0.701. The predicted molar refractivity (Wildman–Crippen MR) is 79.2 cm³/mol. The van der Waals surface area contributed by atoms with Crippen molar-refractivity contribution in [3.05, 3.63) is 11.8 Å². The summed E-state index contributed by atoms with van der Waals surface area (Å²) >= 11 is 2.14. The molecule has 2 atom stereocenters. The lowest BCUT2D eigenvalue weighted by Crippen LogP contribution is -2.38. The third-order valence-electron chi connectivity index (χ3n) is 4.11. The quantitative estimate of drug-likeness (QED) is 0.567. The Bertz CT molecular complexity index is 320. The van der Waals surface area contributed by atoms with Gasteiger partial charge in [0.2, 0.25) is 0 Å². The number of rotatable bonds is 3. The topological polar surface area (TPSA) is 17.1 Å². The van der Waals surface area contributed by atoms with Crippen LogP contribution in [0, 0.1) is 5.92 Å². The van der Waals surface area contributed by atoms with Gasteiger partial charge in [0, 0.05) is 16.4 Å². The van der Waals surface area contributed by atoms with Crippen molar-refractivity contribution in [1.82, 2.24) is 0 Å². The van der Waals surface area contributed by atoms with Crippen LogP contribution in [0.25, 0.3) is 0 Å². The van der Waals surface area contributed by atoms with Crippen molar-refractivity contribution >= 4 is 25.6 Å². The summed E-state index contributed by atoms with van der Waals surface area (Å²) in [7, 11) is -1.49. The standard InChI is InChI=1S/C14H24OSSi/c1-10(17(2,3)4)14(15)11-8-12-6-5-7-13(9-11)16-12/h11-13H,1,5-9H2,2-4H3. The summed E-state index contributed by atoms with van der Waals surface area (Å²) in [6.07, 6.45) is 6.25. The van der Waals surface area contributed by atoms with Crippen LogP contribution in [0.2, 0.25) is 19.6 Å². The minimum Gasteiger partial charge on any atom is -0.295 e. The summed E-state index contributed by atoms with van der Waals surface area (Å²) in [6, 6.07) is 0. The number of Topliss-reactive ketones (excluding diaryl/α,β-unsaturated/α-hetero) is 1. The Morgan fingerprint density at radius 3 is 2.18 bits per heavy atom. The maximum Gasteiger partial charge on any atom is 0.157 e. The van der Waals surface area contributed by atoms with Gasteiger partial charge in [-0.1, -0.05) is 32.6 Å². The van der Waals surface area contributed by atoms with Crippen LogP contribution in [-0.2, 0) is 4.79 Å². The minimum absolute atomic E-state index is 0.297. The van der Waals surface area contributed by atoms with Crippen LogP contribution in [0.4, 0.5) is 0 Å². The Hall–Kier alpha value is -0.0231. The van der Waals surface area contributed by atoms with E-state index in [0.717, 1.165) is 28.5 Å². The first-order chi connectivity index (χ1) is 7.88. The number of hydrogen-bond acceptors (Lipinski definition) is 2. The first kappa shape index (κ1) is 13.4. The Labute approximate surface area is 110 Å². The van der Waals surface area contributed by atoms with Crippen LogP contribution in [-0.4, -0.2) is 24.4 Å². The first-order valence-electron chi connectivity index (χ1n) is 6.77. The van der Waals surface area contributed by atoms with Gasteiger partial charge >= 0.3 is 0 Å². The fourth-order valence-corrected chi connectivity index (χ4v) is 5.67. The number of fused-ring (bicyclic) bond motifs is 2. The zero-order valence-electron chi connectivity index (χ0n) is 11.3. The third-order valence-corrected chi connectivity index (χ3v) is 7.79. The Morgan fingerprint density at radius 1 is 1.18 bits per heavy atom. The predicted octanol–water partition coefficient (Wildman–Crippen LogP) is 4.05. The normalized spacial score (nSPS) is 33.2. The van der Waals surface area contributed by atoms with E-state index >= 15 is 0 Å². The van der Waals surface area contributed by atoms with Gasteiger partial charge in [-0.05, 0) is 30.9 Å². The van der Waals surface area contributed by atoms with Gasteiger partial charge in [0.05, 0.1) is 8.07 Å². The van der Waals surface area contributed by atoms with E-state index < -0.39 is 8.07 Å². The van der Waals surface area contributed by atoms with Crippen LogP contribution < -0.4 is 0 Å². The molecular formula is C14H24OSSi. The van der Waals surface area contributed by atoms with Crippen molar-refractivity contribution in [1.29, 1.82) is 0 Å². The molecule has 0 aliphatic carbocycles. The van der Waals surface area contributed by atoms with Crippen molar-refractivity contribution < 1.29 is 4.79 Å². The molecule has 0 saturated carbocycles. The van der Waals surface area contributed by atoms with Gasteiger partial charge in [-0.3, -0.25) is 4.79 Å². The van der Waals surface area contributed by atoms with Gasteiger partial charge in [-0.2, -0.15) is 11.8 Å². The van der Waals surface area contributed by atoms with E-state index in [2.05, 4.69) is 38.0 Å². The maximum atomic E-state index is 12.5. The molecule has 0 radical (unpaired) electrons. The number of thioether (sulfide) groups is 1. The molecule has 2 aliphatic rings. The summed E-state index contributed by atoms with van der Waals surface area (Å²) < 4.78 is 0. The highest BCUT2D eigenvalue weighted by Crippen LogP contribution is 2.44. The molecule has 2 rings (SSSR count). The molecule has 2 unspecified atom stereocenters. The van der Waals surface area contributed by atoms with Crippen molar-refractivity contribution in [2.24, 2.45) is 5.92 Å². The summed E-state index contributed by atoms with van der Waals surface area (Å²) in [5, 5.41) is 2.48. The van der Waals surface area contributed by atoms with Crippen LogP contribution in [0.1, 0.15) is 32.1 Å². The number of allylic oxidation sites excluding steroid dienone is 1. The SMILES string of the molecule is C=C(C(=O)C1CC2CCCC(C1)S2)[Si](C)(C)C. The molecule has 0 amide bonds. The van der Waals surface area contributed by atoms with Crippen LogP contribution in [0.3, 0.4) is 0 Å². The molecule has 0 spiro atoms. The Kier molecular flexibility index (Phi) is 3.88. The second kappa shape index (κ2) is 4.92. The van der Waals surface area contributed by atoms with Gasteiger partial charge in [0.1, 0.15) is 0 Å². The lowest BCUT2D eigenvalue weighted by atomic mass is 9.86. The summed E-state index contributed by atoms with van der Waals surface area (Å²) in [4.78, 5) is 12.5.